The summed E-state index contributed by atoms with van der Waals surface area (Å²) in [5.41, 5.74) is -0.712. The smallest absolute Gasteiger partial charge is 0.323 e. The molecule has 1 rings (SSSR count). The van der Waals surface area contributed by atoms with Crippen LogP contribution < -0.4 is 5.32 Å². The van der Waals surface area contributed by atoms with E-state index in [1.807, 2.05) is 13.8 Å². The van der Waals surface area contributed by atoms with Crippen molar-refractivity contribution in [3.63, 3.8) is 0 Å². The molecule has 0 aromatic carbocycles. The van der Waals surface area contributed by atoms with Crippen LogP contribution in [0.3, 0.4) is 0 Å². The summed E-state index contributed by atoms with van der Waals surface area (Å²) >= 11 is 1.81. The average molecular weight is 275 g/mol. The minimum atomic E-state index is -0.714. The van der Waals surface area contributed by atoms with Gasteiger partial charge in [-0.2, -0.15) is 11.8 Å². The number of carbonyl (C=O) groups is 1. The number of aliphatic hydroxyl groups excluding tert-OH is 1. The maximum absolute atomic E-state index is 11.5. The van der Waals surface area contributed by atoms with Crippen molar-refractivity contribution in [3.8, 4) is 0 Å². The van der Waals surface area contributed by atoms with Crippen molar-refractivity contribution in [2.45, 2.75) is 50.3 Å². The highest BCUT2D eigenvalue weighted by Gasteiger charge is 2.45. The molecule has 1 aliphatic carbocycles. The van der Waals surface area contributed by atoms with Crippen molar-refractivity contribution in [2.75, 3.05) is 18.9 Å². The second-order valence-electron chi connectivity index (χ2n) is 5.30. The Morgan fingerprint density at radius 3 is 2.89 bits per heavy atom. The zero-order valence-corrected chi connectivity index (χ0v) is 12.1. The number of nitrogens with one attached hydrogen (secondary N) is 1. The minimum Gasteiger partial charge on any atom is -0.480 e. The number of carboxylic acid groups (broad SMARTS) is 1. The van der Waals surface area contributed by atoms with Crippen LogP contribution in [0.2, 0.25) is 0 Å². The lowest BCUT2D eigenvalue weighted by molar-refractivity contribution is -0.144. The largest absolute Gasteiger partial charge is 0.480 e. The third-order valence-electron chi connectivity index (χ3n) is 3.52. The molecule has 0 radical (unpaired) electrons. The molecule has 0 aromatic heterocycles. The second-order valence-corrected chi connectivity index (χ2v) is 6.63. The van der Waals surface area contributed by atoms with E-state index >= 15 is 0 Å². The maximum Gasteiger partial charge on any atom is 0.323 e. The summed E-state index contributed by atoms with van der Waals surface area (Å²) in [6.07, 6.45) is 3.32. The fourth-order valence-corrected chi connectivity index (χ4v) is 3.68. The molecule has 0 heterocycles. The molecule has 106 valence electrons. The van der Waals surface area contributed by atoms with Crippen molar-refractivity contribution in [1.29, 1.82) is 0 Å². The van der Waals surface area contributed by atoms with Crippen LogP contribution in [0.5, 0.6) is 0 Å². The summed E-state index contributed by atoms with van der Waals surface area (Å²) < 4.78 is 0. The van der Waals surface area contributed by atoms with E-state index < -0.39 is 11.5 Å². The average Bonchev–Trinajstić information content (AvgIpc) is 2.78. The Kier molecular flexibility index (Phi) is 6.46. The zero-order chi connectivity index (χ0) is 13.6. The minimum absolute atomic E-state index is 0.206. The van der Waals surface area contributed by atoms with E-state index in [4.69, 9.17) is 5.11 Å². The van der Waals surface area contributed by atoms with Crippen molar-refractivity contribution >= 4 is 17.7 Å². The first kappa shape index (κ1) is 15.8. The van der Waals surface area contributed by atoms with Crippen LogP contribution in [-0.4, -0.2) is 45.9 Å². The van der Waals surface area contributed by atoms with E-state index in [-0.39, 0.29) is 6.61 Å². The van der Waals surface area contributed by atoms with Gasteiger partial charge in [-0.1, -0.05) is 13.8 Å². The Balaban J connectivity index is 2.47. The van der Waals surface area contributed by atoms with Crippen LogP contribution in [0.25, 0.3) is 0 Å². The van der Waals surface area contributed by atoms with Crippen LogP contribution >= 0.6 is 11.8 Å². The number of rotatable bonds is 8. The van der Waals surface area contributed by atoms with E-state index in [2.05, 4.69) is 5.32 Å². The predicted molar refractivity (Wildman–Crippen MR) is 75.0 cm³/mol. The second kappa shape index (κ2) is 7.36. The Labute approximate surface area is 114 Å². The van der Waals surface area contributed by atoms with E-state index in [1.54, 1.807) is 11.8 Å². The van der Waals surface area contributed by atoms with Gasteiger partial charge in [-0.05, 0) is 43.9 Å². The fourth-order valence-electron chi connectivity index (χ4n) is 2.29. The van der Waals surface area contributed by atoms with Gasteiger partial charge < -0.3 is 15.5 Å². The summed E-state index contributed by atoms with van der Waals surface area (Å²) in [6.45, 7) is 5.03. The number of aliphatic hydroxyl groups is 1. The van der Waals surface area contributed by atoms with E-state index in [0.717, 1.165) is 25.1 Å². The molecule has 0 aromatic rings. The predicted octanol–water partition coefficient (Wildman–Crippen LogP) is 1.72. The van der Waals surface area contributed by atoms with E-state index in [1.165, 1.54) is 0 Å². The highest BCUT2D eigenvalue weighted by atomic mass is 32.2. The van der Waals surface area contributed by atoms with Crippen LogP contribution in [0.15, 0.2) is 0 Å². The first-order valence-electron chi connectivity index (χ1n) is 6.75. The molecule has 0 amide bonds. The molecule has 0 spiro atoms. The highest BCUT2D eigenvalue weighted by Crippen LogP contribution is 2.38. The first-order chi connectivity index (χ1) is 8.54. The van der Waals surface area contributed by atoms with Gasteiger partial charge in [-0.3, -0.25) is 4.79 Å². The van der Waals surface area contributed by atoms with E-state index in [9.17, 15) is 9.90 Å². The number of hydrogen-bond donors (Lipinski definition) is 3. The Bertz CT molecular complexity index is 275. The first-order valence-corrected chi connectivity index (χ1v) is 7.80. The summed E-state index contributed by atoms with van der Waals surface area (Å²) in [7, 11) is 0. The van der Waals surface area contributed by atoms with Gasteiger partial charge in [0.25, 0.3) is 0 Å². The summed E-state index contributed by atoms with van der Waals surface area (Å²) in [5, 5.41) is 22.0. The highest BCUT2D eigenvalue weighted by molar-refractivity contribution is 7.99. The van der Waals surface area contributed by atoms with Crippen molar-refractivity contribution in [2.24, 2.45) is 5.92 Å². The van der Waals surface area contributed by atoms with Crippen LogP contribution in [0.1, 0.15) is 39.5 Å². The van der Waals surface area contributed by atoms with E-state index in [0.29, 0.717) is 24.0 Å². The molecular formula is C13H25NO3S. The lowest BCUT2D eigenvalue weighted by Crippen LogP contribution is -2.50. The van der Waals surface area contributed by atoms with Crippen molar-refractivity contribution < 1.29 is 15.0 Å². The van der Waals surface area contributed by atoms with Gasteiger partial charge in [0, 0.05) is 11.9 Å². The topological polar surface area (TPSA) is 69.6 Å². The van der Waals surface area contributed by atoms with Gasteiger partial charge in [0.05, 0.1) is 0 Å². The molecule has 5 heteroatoms. The van der Waals surface area contributed by atoms with Gasteiger partial charge in [0.2, 0.25) is 0 Å². The summed E-state index contributed by atoms with van der Waals surface area (Å²) in [6, 6.07) is 0. The molecular weight excluding hydrogens is 250 g/mol. The normalized spacial score (nSPS) is 29.4. The molecule has 3 atom stereocenters. The molecule has 3 N–H and O–H groups in total. The Hall–Kier alpha value is -0.260. The van der Waals surface area contributed by atoms with Crippen molar-refractivity contribution in [1.82, 2.24) is 5.32 Å². The summed E-state index contributed by atoms with van der Waals surface area (Å²) in [4.78, 5) is 11.5. The van der Waals surface area contributed by atoms with Gasteiger partial charge in [-0.15, -0.1) is 0 Å². The standard InChI is InChI=1S/C13H25NO3S/c1-3-6-14-13(12(16)17)5-4-11(7-13)18-9-10(2)8-15/h10-11,14-15H,3-9H2,1-2H3,(H,16,17). The maximum atomic E-state index is 11.5. The van der Waals surface area contributed by atoms with Gasteiger partial charge in [-0.25, -0.2) is 0 Å². The zero-order valence-electron chi connectivity index (χ0n) is 11.3. The molecule has 0 saturated heterocycles. The number of thioether (sulfide) groups is 1. The molecule has 3 unspecified atom stereocenters. The molecule has 0 bridgehead atoms. The SMILES string of the molecule is CCCNC1(C(=O)O)CCC(SCC(C)CO)C1. The third kappa shape index (κ3) is 4.14. The number of carboxylic acids is 1. The number of hydrogen-bond acceptors (Lipinski definition) is 4. The lowest BCUT2D eigenvalue weighted by atomic mass is 9.98. The molecule has 0 aliphatic heterocycles. The van der Waals surface area contributed by atoms with Crippen LogP contribution in [-0.2, 0) is 4.79 Å². The summed E-state index contributed by atoms with van der Waals surface area (Å²) in [5.74, 6) is 0.484. The van der Waals surface area contributed by atoms with Gasteiger partial charge in [0.1, 0.15) is 5.54 Å². The quantitative estimate of drug-likeness (QED) is 0.629. The molecule has 1 fully saturated rings. The van der Waals surface area contributed by atoms with Crippen molar-refractivity contribution in [3.05, 3.63) is 0 Å². The molecule has 1 saturated carbocycles. The van der Waals surface area contributed by atoms with Crippen LogP contribution in [0.4, 0.5) is 0 Å². The molecule has 1 aliphatic rings. The van der Waals surface area contributed by atoms with Gasteiger partial charge in [0.15, 0.2) is 0 Å². The molecule has 4 nitrogen and oxygen atoms in total. The van der Waals surface area contributed by atoms with Crippen LogP contribution in [0, 0.1) is 5.92 Å². The molecule has 18 heavy (non-hydrogen) atoms. The number of aliphatic carboxylic acids is 1. The Morgan fingerprint density at radius 2 is 2.33 bits per heavy atom. The monoisotopic (exact) mass is 275 g/mol. The lowest BCUT2D eigenvalue weighted by Gasteiger charge is -2.26. The fraction of sp³-hybridized carbons (Fsp3) is 0.923. The Morgan fingerprint density at radius 1 is 1.61 bits per heavy atom. The van der Waals surface area contributed by atoms with Gasteiger partial charge >= 0.3 is 5.97 Å². The third-order valence-corrected chi connectivity index (χ3v) is 5.16.